The minimum atomic E-state index is -0.250. The van der Waals surface area contributed by atoms with Crippen LogP contribution in [0.2, 0.25) is 0 Å². The molecule has 0 saturated heterocycles. The number of amides is 1. The standard InChI is InChI=1S/C17H23ClN4OS/c1-5-15(24-12(3)4)17(23)22(6-2)14(16(18)19)11-21-13-8-7-9-20-10-13/h7-11,15,19,21H,3,5-6H2,1-2,4H3/b14-11+,19-16?. The van der Waals surface area contributed by atoms with Gasteiger partial charge in [0.05, 0.1) is 22.8 Å². The van der Waals surface area contributed by atoms with Gasteiger partial charge in [0.2, 0.25) is 5.91 Å². The number of nitrogens with one attached hydrogen (secondary N) is 2. The monoisotopic (exact) mass is 366 g/mol. The van der Waals surface area contributed by atoms with Crippen LogP contribution in [0.25, 0.3) is 0 Å². The average Bonchev–Trinajstić information content (AvgIpc) is 2.56. The third-order valence-electron chi connectivity index (χ3n) is 3.12. The van der Waals surface area contributed by atoms with E-state index in [9.17, 15) is 4.79 Å². The highest BCUT2D eigenvalue weighted by Crippen LogP contribution is 2.25. The Morgan fingerprint density at radius 3 is 2.75 bits per heavy atom. The van der Waals surface area contributed by atoms with Crippen molar-refractivity contribution in [3.05, 3.63) is 47.9 Å². The maximum Gasteiger partial charge on any atom is 0.240 e. The van der Waals surface area contributed by atoms with E-state index in [0.29, 0.717) is 18.7 Å². The van der Waals surface area contributed by atoms with Crippen LogP contribution in [0.5, 0.6) is 0 Å². The molecule has 0 radical (unpaired) electrons. The highest BCUT2D eigenvalue weighted by molar-refractivity contribution is 8.04. The summed E-state index contributed by atoms with van der Waals surface area (Å²) in [4.78, 5) is 19.2. The van der Waals surface area contributed by atoms with Crippen LogP contribution in [-0.4, -0.2) is 32.8 Å². The number of rotatable bonds is 9. The van der Waals surface area contributed by atoms with E-state index in [-0.39, 0.29) is 16.3 Å². The van der Waals surface area contributed by atoms with Crippen molar-refractivity contribution in [1.29, 1.82) is 5.41 Å². The molecule has 1 rings (SSSR count). The van der Waals surface area contributed by atoms with Crippen molar-refractivity contribution in [2.24, 2.45) is 0 Å². The van der Waals surface area contributed by atoms with Crippen molar-refractivity contribution in [2.75, 3.05) is 11.9 Å². The summed E-state index contributed by atoms with van der Waals surface area (Å²) in [7, 11) is 0. The Bertz CT molecular complexity index is 618. The maximum atomic E-state index is 12.8. The van der Waals surface area contributed by atoms with Gasteiger partial charge in [0.25, 0.3) is 0 Å². The predicted molar refractivity (Wildman–Crippen MR) is 103 cm³/mol. The van der Waals surface area contributed by atoms with Crippen LogP contribution in [-0.2, 0) is 4.79 Å². The van der Waals surface area contributed by atoms with Crippen molar-refractivity contribution in [2.45, 2.75) is 32.4 Å². The Morgan fingerprint density at radius 1 is 1.58 bits per heavy atom. The van der Waals surface area contributed by atoms with Crippen LogP contribution in [0.1, 0.15) is 27.2 Å². The SMILES string of the molecule is C=C(C)SC(CC)C(=O)N(CC)/C(=C/Nc1cccnc1)C(=N)Cl. The van der Waals surface area contributed by atoms with Gasteiger partial charge in [0, 0.05) is 18.9 Å². The molecule has 1 unspecified atom stereocenters. The first-order valence-corrected chi connectivity index (χ1v) is 8.91. The number of thioether (sulfide) groups is 1. The first-order chi connectivity index (χ1) is 11.4. The molecule has 130 valence electrons. The second-order valence-electron chi connectivity index (χ2n) is 5.03. The molecule has 0 aliphatic carbocycles. The molecule has 5 nitrogen and oxygen atoms in total. The van der Waals surface area contributed by atoms with Gasteiger partial charge in [-0.15, -0.1) is 11.8 Å². The Kier molecular flexibility index (Phi) is 8.57. The van der Waals surface area contributed by atoms with Crippen LogP contribution in [0.15, 0.2) is 47.9 Å². The molecule has 0 aliphatic rings. The first-order valence-electron chi connectivity index (χ1n) is 7.65. The highest BCUT2D eigenvalue weighted by atomic mass is 35.5. The summed E-state index contributed by atoms with van der Waals surface area (Å²) in [5, 5.41) is 10.4. The summed E-state index contributed by atoms with van der Waals surface area (Å²) >= 11 is 7.36. The number of anilines is 1. The molecule has 0 aliphatic heterocycles. The molecule has 0 aromatic carbocycles. The summed E-state index contributed by atoms with van der Waals surface area (Å²) in [6, 6.07) is 3.63. The van der Waals surface area contributed by atoms with Crippen molar-refractivity contribution in [1.82, 2.24) is 9.88 Å². The van der Waals surface area contributed by atoms with Gasteiger partial charge in [-0.1, -0.05) is 25.1 Å². The fraction of sp³-hybridized carbons (Fsp3) is 0.353. The molecule has 1 heterocycles. The minimum absolute atomic E-state index is 0.0855. The maximum absolute atomic E-state index is 12.8. The van der Waals surface area contributed by atoms with Crippen molar-refractivity contribution >= 4 is 40.1 Å². The number of aromatic nitrogens is 1. The van der Waals surface area contributed by atoms with Gasteiger partial charge < -0.3 is 10.2 Å². The Morgan fingerprint density at radius 2 is 2.29 bits per heavy atom. The third-order valence-corrected chi connectivity index (χ3v) is 4.54. The van der Waals surface area contributed by atoms with Crippen LogP contribution < -0.4 is 5.32 Å². The lowest BCUT2D eigenvalue weighted by atomic mass is 10.2. The molecule has 0 saturated carbocycles. The Hall–Kier alpha value is -1.79. The molecular weight excluding hydrogens is 344 g/mol. The van der Waals surface area contributed by atoms with E-state index in [1.54, 1.807) is 24.7 Å². The Labute approximate surface area is 152 Å². The Balaban J connectivity index is 3.03. The summed E-state index contributed by atoms with van der Waals surface area (Å²) in [6.45, 7) is 9.96. The normalized spacial score (nSPS) is 12.4. The van der Waals surface area contributed by atoms with E-state index in [1.807, 2.05) is 26.8 Å². The van der Waals surface area contributed by atoms with E-state index in [4.69, 9.17) is 17.0 Å². The summed E-state index contributed by atoms with van der Waals surface area (Å²) in [5.41, 5.74) is 1.08. The number of carbonyl (C=O) groups is 1. The summed E-state index contributed by atoms with van der Waals surface area (Å²) < 4.78 is 0. The molecule has 2 N–H and O–H groups in total. The van der Waals surface area contributed by atoms with Gasteiger partial charge >= 0.3 is 0 Å². The molecule has 7 heteroatoms. The molecule has 0 bridgehead atoms. The molecular formula is C17H23ClN4OS. The van der Waals surface area contributed by atoms with Gasteiger partial charge in [0.1, 0.15) is 5.17 Å². The number of halogens is 1. The van der Waals surface area contributed by atoms with E-state index in [1.165, 1.54) is 16.7 Å². The van der Waals surface area contributed by atoms with Crippen molar-refractivity contribution in [3.63, 3.8) is 0 Å². The lowest BCUT2D eigenvalue weighted by molar-refractivity contribution is -0.128. The zero-order valence-corrected chi connectivity index (χ0v) is 15.7. The van der Waals surface area contributed by atoms with Crippen molar-refractivity contribution in [3.8, 4) is 0 Å². The van der Waals surface area contributed by atoms with Crippen LogP contribution >= 0.6 is 23.4 Å². The highest BCUT2D eigenvalue weighted by Gasteiger charge is 2.26. The molecule has 0 fully saturated rings. The van der Waals surface area contributed by atoms with E-state index in [0.717, 1.165) is 10.6 Å². The third kappa shape index (κ3) is 6.02. The minimum Gasteiger partial charge on any atom is -0.358 e. The molecule has 1 aromatic rings. The largest absolute Gasteiger partial charge is 0.358 e. The van der Waals surface area contributed by atoms with Gasteiger partial charge in [-0.05, 0) is 37.3 Å². The molecule has 1 atom stereocenters. The summed E-state index contributed by atoms with van der Waals surface area (Å²) in [6.07, 6.45) is 5.55. The molecule has 1 aromatic heterocycles. The fourth-order valence-electron chi connectivity index (χ4n) is 2.03. The second-order valence-corrected chi connectivity index (χ2v) is 6.91. The van der Waals surface area contributed by atoms with Crippen LogP contribution in [0.4, 0.5) is 5.69 Å². The zero-order chi connectivity index (χ0) is 18.1. The van der Waals surface area contributed by atoms with E-state index < -0.39 is 0 Å². The fourth-order valence-corrected chi connectivity index (χ4v) is 3.07. The average molecular weight is 367 g/mol. The van der Waals surface area contributed by atoms with Gasteiger partial charge in [-0.3, -0.25) is 15.2 Å². The lowest BCUT2D eigenvalue weighted by Gasteiger charge is -2.27. The predicted octanol–water partition coefficient (Wildman–Crippen LogP) is 4.44. The first kappa shape index (κ1) is 20.3. The van der Waals surface area contributed by atoms with Crippen molar-refractivity contribution < 1.29 is 4.79 Å². The number of hydrogen-bond donors (Lipinski definition) is 2. The molecule has 0 spiro atoms. The number of hydrogen-bond acceptors (Lipinski definition) is 5. The van der Waals surface area contributed by atoms with Gasteiger partial charge in [-0.25, -0.2) is 0 Å². The number of carbonyl (C=O) groups excluding carboxylic acids is 1. The lowest BCUT2D eigenvalue weighted by Crippen LogP contribution is -2.38. The summed E-state index contributed by atoms with van der Waals surface area (Å²) in [5.74, 6) is -0.0855. The van der Waals surface area contributed by atoms with E-state index in [2.05, 4.69) is 16.9 Å². The molecule has 1 amide bonds. The van der Waals surface area contributed by atoms with Gasteiger partial charge in [0.15, 0.2) is 0 Å². The molecule has 24 heavy (non-hydrogen) atoms. The van der Waals surface area contributed by atoms with Crippen LogP contribution in [0.3, 0.4) is 0 Å². The number of allylic oxidation sites excluding steroid dienone is 2. The zero-order valence-electron chi connectivity index (χ0n) is 14.2. The quantitative estimate of drug-likeness (QED) is 0.633. The number of nitrogens with zero attached hydrogens (tertiary/aromatic N) is 2. The van der Waals surface area contributed by atoms with Gasteiger partial charge in [-0.2, -0.15) is 0 Å². The topological polar surface area (TPSA) is 69.1 Å². The number of pyridine rings is 1. The van der Waals surface area contributed by atoms with Crippen LogP contribution in [0, 0.1) is 5.41 Å². The van der Waals surface area contributed by atoms with E-state index >= 15 is 0 Å². The second kappa shape index (κ2) is 10.2. The smallest absolute Gasteiger partial charge is 0.240 e.